The number of rotatable bonds is 5. The molecule has 104 valence electrons. The first-order valence-corrected chi connectivity index (χ1v) is 6.89. The Kier molecular flexibility index (Phi) is 4.60. The van der Waals surface area contributed by atoms with Gasteiger partial charge >= 0.3 is 5.97 Å². The van der Waals surface area contributed by atoms with E-state index in [4.69, 9.17) is 5.11 Å². The predicted molar refractivity (Wildman–Crippen MR) is 64.1 cm³/mol. The molecule has 0 atom stereocenters. The quantitative estimate of drug-likeness (QED) is 0.819. The summed E-state index contributed by atoms with van der Waals surface area (Å²) in [5, 5.41) is 10.9. The summed E-state index contributed by atoms with van der Waals surface area (Å²) in [4.78, 5) is 21.0. The fourth-order valence-electron chi connectivity index (χ4n) is 1.35. The average Bonchev–Trinajstić information content (AvgIpc) is 2.35. The molecule has 0 radical (unpaired) electrons. The zero-order valence-corrected chi connectivity index (χ0v) is 10.8. The van der Waals surface area contributed by atoms with Crippen molar-refractivity contribution in [2.45, 2.75) is 11.3 Å². The summed E-state index contributed by atoms with van der Waals surface area (Å²) in [6, 6.07) is 2.52. The van der Waals surface area contributed by atoms with Gasteiger partial charge in [-0.25, -0.2) is 17.6 Å². The van der Waals surface area contributed by atoms with E-state index in [0.29, 0.717) is 6.07 Å². The summed E-state index contributed by atoms with van der Waals surface area (Å²) in [6.45, 7) is 0. The van der Waals surface area contributed by atoms with E-state index in [-0.39, 0.29) is 12.0 Å². The second-order valence-corrected chi connectivity index (χ2v) is 5.77. The number of carbonyl (C=O) groups is 2. The van der Waals surface area contributed by atoms with Gasteiger partial charge in [0.05, 0.1) is 11.3 Å². The number of benzene rings is 1. The molecule has 0 unspecified atom stereocenters. The monoisotopic (exact) mass is 289 g/mol. The molecule has 2 N–H and O–H groups in total. The molecule has 0 aliphatic rings. The van der Waals surface area contributed by atoms with E-state index in [1.165, 1.54) is 7.05 Å². The van der Waals surface area contributed by atoms with Crippen molar-refractivity contribution in [3.05, 3.63) is 29.6 Å². The minimum absolute atomic E-state index is 0.293. The lowest BCUT2D eigenvalue weighted by molar-refractivity contribution is -0.120. The Bertz CT molecular complexity index is 612. The van der Waals surface area contributed by atoms with Crippen molar-refractivity contribution in [3.8, 4) is 0 Å². The largest absolute Gasteiger partial charge is 0.478 e. The lowest BCUT2D eigenvalue weighted by Crippen LogP contribution is -2.22. The highest BCUT2D eigenvalue weighted by Gasteiger charge is 2.21. The van der Waals surface area contributed by atoms with Crippen molar-refractivity contribution in [1.82, 2.24) is 5.32 Å². The normalized spacial score (nSPS) is 11.1. The number of carbonyl (C=O) groups excluding carboxylic acids is 1. The van der Waals surface area contributed by atoms with Crippen LogP contribution in [0.2, 0.25) is 0 Å². The Morgan fingerprint density at radius 2 is 2.00 bits per heavy atom. The van der Waals surface area contributed by atoms with E-state index in [1.54, 1.807) is 0 Å². The molecule has 6 nitrogen and oxygen atoms in total. The van der Waals surface area contributed by atoms with Gasteiger partial charge < -0.3 is 10.4 Å². The molecule has 0 spiro atoms. The SMILES string of the molecule is CNC(=O)CCS(=O)(=O)c1ccc(C(=O)O)cc1F. The van der Waals surface area contributed by atoms with Crippen molar-refractivity contribution in [2.75, 3.05) is 12.8 Å². The minimum atomic E-state index is -3.97. The molecule has 0 aliphatic heterocycles. The van der Waals surface area contributed by atoms with Gasteiger partial charge in [-0.15, -0.1) is 0 Å². The average molecular weight is 289 g/mol. The molecule has 8 heteroatoms. The third-order valence-corrected chi connectivity index (χ3v) is 4.13. The van der Waals surface area contributed by atoms with Crippen molar-refractivity contribution in [1.29, 1.82) is 0 Å². The molecule has 0 saturated heterocycles. The molecule has 19 heavy (non-hydrogen) atoms. The van der Waals surface area contributed by atoms with Gasteiger partial charge in [-0.3, -0.25) is 4.79 Å². The summed E-state index contributed by atoms with van der Waals surface area (Å²) < 4.78 is 37.1. The summed E-state index contributed by atoms with van der Waals surface area (Å²) in [5.74, 6) is -3.52. The summed E-state index contributed by atoms with van der Waals surface area (Å²) >= 11 is 0. The van der Waals surface area contributed by atoms with Crippen LogP contribution in [0.5, 0.6) is 0 Å². The first-order valence-electron chi connectivity index (χ1n) is 5.24. The van der Waals surface area contributed by atoms with Crippen LogP contribution in [0, 0.1) is 5.82 Å². The second-order valence-electron chi connectivity index (χ2n) is 3.69. The number of nitrogens with one attached hydrogen (secondary N) is 1. The number of halogens is 1. The number of sulfone groups is 1. The van der Waals surface area contributed by atoms with Crippen LogP contribution in [0.15, 0.2) is 23.1 Å². The highest BCUT2D eigenvalue weighted by molar-refractivity contribution is 7.91. The van der Waals surface area contributed by atoms with Crippen LogP contribution in [-0.4, -0.2) is 38.2 Å². The van der Waals surface area contributed by atoms with Gasteiger partial charge in [0.25, 0.3) is 0 Å². The number of hydrogen-bond acceptors (Lipinski definition) is 4. The third kappa shape index (κ3) is 3.75. The molecular weight excluding hydrogens is 277 g/mol. The van der Waals surface area contributed by atoms with E-state index in [1.807, 2.05) is 0 Å². The molecule has 1 rings (SSSR count). The Balaban J connectivity index is 3.02. The highest BCUT2D eigenvalue weighted by atomic mass is 32.2. The molecule has 0 aromatic heterocycles. The number of carboxylic acid groups (broad SMARTS) is 1. The number of aromatic carboxylic acids is 1. The summed E-state index contributed by atoms with van der Waals surface area (Å²) in [5.41, 5.74) is -0.345. The molecule has 1 aromatic rings. The van der Waals surface area contributed by atoms with Crippen molar-refractivity contribution < 1.29 is 27.5 Å². The van der Waals surface area contributed by atoms with Gasteiger partial charge in [0.15, 0.2) is 9.84 Å². The van der Waals surface area contributed by atoms with Crippen LogP contribution in [0.25, 0.3) is 0 Å². The van der Waals surface area contributed by atoms with Gasteiger partial charge in [0.1, 0.15) is 10.7 Å². The van der Waals surface area contributed by atoms with E-state index in [2.05, 4.69) is 5.32 Å². The Labute approximate surface area is 109 Å². The van der Waals surface area contributed by atoms with Crippen molar-refractivity contribution in [3.63, 3.8) is 0 Å². The van der Waals surface area contributed by atoms with E-state index in [0.717, 1.165) is 12.1 Å². The van der Waals surface area contributed by atoms with Gasteiger partial charge in [-0.2, -0.15) is 0 Å². The van der Waals surface area contributed by atoms with Crippen LogP contribution in [0.1, 0.15) is 16.8 Å². The maximum absolute atomic E-state index is 13.6. The smallest absolute Gasteiger partial charge is 0.335 e. The molecule has 0 bridgehead atoms. The lowest BCUT2D eigenvalue weighted by atomic mass is 10.2. The second kappa shape index (κ2) is 5.79. The van der Waals surface area contributed by atoms with Gasteiger partial charge in [-0.1, -0.05) is 0 Å². The van der Waals surface area contributed by atoms with E-state index < -0.39 is 38.2 Å². The van der Waals surface area contributed by atoms with Gasteiger partial charge in [0.2, 0.25) is 5.91 Å². The topological polar surface area (TPSA) is 101 Å². The van der Waals surface area contributed by atoms with Crippen LogP contribution in [-0.2, 0) is 14.6 Å². The maximum Gasteiger partial charge on any atom is 0.335 e. The fraction of sp³-hybridized carbons (Fsp3) is 0.273. The Hall–Kier alpha value is -1.96. The Morgan fingerprint density at radius 3 is 2.47 bits per heavy atom. The zero-order valence-electron chi connectivity index (χ0n) is 10.0. The van der Waals surface area contributed by atoms with E-state index in [9.17, 15) is 22.4 Å². The molecular formula is C11H12FNO5S. The molecule has 0 saturated carbocycles. The standard InChI is InChI=1S/C11H12FNO5S/c1-13-10(14)4-5-19(17,18)9-3-2-7(11(15)16)6-8(9)12/h2-3,6H,4-5H2,1H3,(H,13,14)(H,15,16). The van der Waals surface area contributed by atoms with Gasteiger partial charge in [-0.05, 0) is 18.2 Å². The highest BCUT2D eigenvalue weighted by Crippen LogP contribution is 2.18. The predicted octanol–water partition coefficient (Wildman–Crippen LogP) is 0.434. The molecule has 0 heterocycles. The van der Waals surface area contributed by atoms with Crippen LogP contribution in [0.3, 0.4) is 0 Å². The van der Waals surface area contributed by atoms with E-state index >= 15 is 0 Å². The first-order chi connectivity index (χ1) is 8.77. The molecule has 0 aliphatic carbocycles. The van der Waals surface area contributed by atoms with Crippen LogP contribution in [0.4, 0.5) is 4.39 Å². The fourth-order valence-corrected chi connectivity index (χ4v) is 2.65. The molecule has 1 aromatic carbocycles. The minimum Gasteiger partial charge on any atom is -0.478 e. The maximum atomic E-state index is 13.6. The number of hydrogen-bond donors (Lipinski definition) is 2. The van der Waals surface area contributed by atoms with Crippen molar-refractivity contribution >= 4 is 21.7 Å². The van der Waals surface area contributed by atoms with Gasteiger partial charge in [0, 0.05) is 13.5 Å². The first kappa shape index (κ1) is 15.1. The van der Waals surface area contributed by atoms with Crippen LogP contribution < -0.4 is 5.32 Å². The van der Waals surface area contributed by atoms with Crippen LogP contribution >= 0.6 is 0 Å². The third-order valence-electron chi connectivity index (χ3n) is 2.39. The van der Waals surface area contributed by atoms with Crippen molar-refractivity contribution in [2.24, 2.45) is 0 Å². The Morgan fingerprint density at radius 1 is 1.37 bits per heavy atom. The lowest BCUT2D eigenvalue weighted by Gasteiger charge is -2.06. The summed E-state index contributed by atoms with van der Waals surface area (Å²) in [7, 11) is -2.61. The number of carboxylic acids is 1. The zero-order chi connectivity index (χ0) is 14.6. The number of amides is 1. The molecule has 0 fully saturated rings. The summed E-state index contributed by atoms with van der Waals surface area (Å²) in [6.07, 6.45) is -0.293. The molecule has 1 amide bonds.